The van der Waals surface area contributed by atoms with Crippen LogP contribution in [-0.4, -0.2) is 31.3 Å². The van der Waals surface area contributed by atoms with Crippen LogP contribution >= 0.6 is 0 Å². The van der Waals surface area contributed by atoms with Crippen molar-refractivity contribution >= 4 is 5.82 Å². The third kappa shape index (κ3) is 3.67. The van der Waals surface area contributed by atoms with E-state index in [0.717, 1.165) is 30.5 Å². The molecule has 106 valence electrons. The summed E-state index contributed by atoms with van der Waals surface area (Å²) >= 11 is 0. The molecule has 1 heterocycles. The first kappa shape index (κ1) is 14.3. The van der Waals surface area contributed by atoms with Crippen molar-refractivity contribution in [2.45, 2.75) is 38.8 Å². The third-order valence-corrected chi connectivity index (χ3v) is 3.92. The summed E-state index contributed by atoms with van der Waals surface area (Å²) < 4.78 is 5.22. The third-order valence-electron chi connectivity index (χ3n) is 3.92. The minimum atomic E-state index is 0.0369. The number of pyridine rings is 1. The molecule has 19 heavy (non-hydrogen) atoms. The van der Waals surface area contributed by atoms with E-state index in [1.165, 1.54) is 12.8 Å². The zero-order chi connectivity index (χ0) is 13.8. The zero-order valence-corrected chi connectivity index (χ0v) is 12.2. The molecule has 1 fully saturated rings. The second-order valence-corrected chi connectivity index (χ2v) is 5.50. The summed E-state index contributed by atoms with van der Waals surface area (Å²) in [6.45, 7) is 5.88. The van der Waals surface area contributed by atoms with Gasteiger partial charge >= 0.3 is 0 Å². The highest BCUT2D eigenvalue weighted by molar-refractivity contribution is 5.41. The lowest BCUT2D eigenvalue weighted by Crippen LogP contribution is -2.37. The van der Waals surface area contributed by atoms with Crippen molar-refractivity contribution in [3.05, 3.63) is 23.9 Å². The molecule has 0 amide bonds. The van der Waals surface area contributed by atoms with Gasteiger partial charge in [-0.2, -0.15) is 0 Å². The molecule has 2 N–H and O–H groups in total. The number of hydrogen-bond acceptors (Lipinski definition) is 4. The van der Waals surface area contributed by atoms with Gasteiger partial charge in [0.25, 0.3) is 0 Å². The second-order valence-electron chi connectivity index (χ2n) is 5.50. The highest BCUT2D eigenvalue weighted by Gasteiger charge is 2.32. The van der Waals surface area contributed by atoms with Crippen LogP contribution in [-0.2, 0) is 4.74 Å². The van der Waals surface area contributed by atoms with Crippen molar-refractivity contribution in [1.29, 1.82) is 0 Å². The summed E-state index contributed by atoms with van der Waals surface area (Å²) in [5.74, 6) is 1.84. The van der Waals surface area contributed by atoms with E-state index in [4.69, 9.17) is 10.5 Å². The van der Waals surface area contributed by atoms with E-state index in [-0.39, 0.29) is 6.04 Å². The standard InChI is InChI=1S/C15H25N3O/c1-11(16)14-6-7-15(17-10-14)18(8-9-19-3)12(2)13-4-5-13/h6-7,10-13H,4-5,8-9,16H2,1-3H3/t11-,12?/m0/s1. The van der Waals surface area contributed by atoms with Gasteiger partial charge in [0, 0.05) is 31.9 Å². The minimum absolute atomic E-state index is 0.0369. The molecule has 1 aromatic heterocycles. The van der Waals surface area contributed by atoms with E-state index in [1.54, 1.807) is 7.11 Å². The topological polar surface area (TPSA) is 51.4 Å². The van der Waals surface area contributed by atoms with Crippen LogP contribution in [0.4, 0.5) is 5.82 Å². The van der Waals surface area contributed by atoms with Crippen LogP contribution in [0.15, 0.2) is 18.3 Å². The largest absolute Gasteiger partial charge is 0.383 e. The van der Waals surface area contributed by atoms with Crippen molar-refractivity contribution in [3.8, 4) is 0 Å². The van der Waals surface area contributed by atoms with Gasteiger partial charge in [-0.05, 0) is 44.2 Å². The SMILES string of the molecule is COCCN(c1ccc([C@H](C)N)cn1)C(C)C1CC1. The predicted octanol–water partition coefficient (Wildman–Crippen LogP) is 2.35. The summed E-state index contributed by atoms with van der Waals surface area (Å²) in [6.07, 6.45) is 4.56. The van der Waals surface area contributed by atoms with Crippen LogP contribution in [0, 0.1) is 5.92 Å². The van der Waals surface area contributed by atoms with E-state index in [1.807, 2.05) is 13.1 Å². The van der Waals surface area contributed by atoms with Gasteiger partial charge in [-0.15, -0.1) is 0 Å². The fourth-order valence-electron chi connectivity index (χ4n) is 2.39. The molecule has 0 spiro atoms. The first-order chi connectivity index (χ1) is 9.13. The lowest BCUT2D eigenvalue weighted by atomic mass is 10.1. The zero-order valence-electron chi connectivity index (χ0n) is 12.2. The Bertz CT molecular complexity index is 387. The van der Waals surface area contributed by atoms with Crippen LogP contribution in [0.5, 0.6) is 0 Å². The normalized spacial score (nSPS) is 18.1. The molecule has 1 aromatic rings. The Hall–Kier alpha value is -1.13. The minimum Gasteiger partial charge on any atom is -0.383 e. The Morgan fingerprint density at radius 1 is 1.42 bits per heavy atom. The Labute approximate surface area is 116 Å². The van der Waals surface area contributed by atoms with Crippen molar-refractivity contribution in [1.82, 2.24) is 4.98 Å². The molecule has 0 saturated heterocycles. The number of nitrogens with two attached hydrogens (primary N) is 1. The molecular formula is C15H25N3O. The average Bonchev–Trinajstić information content (AvgIpc) is 3.23. The lowest BCUT2D eigenvalue weighted by Gasteiger charge is -2.30. The van der Waals surface area contributed by atoms with Gasteiger partial charge in [0.2, 0.25) is 0 Å². The van der Waals surface area contributed by atoms with Crippen molar-refractivity contribution < 1.29 is 4.74 Å². The number of methoxy groups -OCH3 is 1. The average molecular weight is 263 g/mol. The van der Waals surface area contributed by atoms with Gasteiger partial charge in [0.15, 0.2) is 0 Å². The fourth-order valence-corrected chi connectivity index (χ4v) is 2.39. The van der Waals surface area contributed by atoms with Crippen molar-refractivity contribution in [2.24, 2.45) is 11.7 Å². The second kappa shape index (κ2) is 6.35. The number of aromatic nitrogens is 1. The molecule has 0 aliphatic heterocycles. The maximum Gasteiger partial charge on any atom is 0.128 e. The van der Waals surface area contributed by atoms with Crippen LogP contribution in [0.2, 0.25) is 0 Å². The monoisotopic (exact) mass is 263 g/mol. The summed E-state index contributed by atoms with van der Waals surface area (Å²) in [6, 6.07) is 4.72. The first-order valence-electron chi connectivity index (χ1n) is 7.10. The van der Waals surface area contributed by atoms with Crippen molar-refractivity contribution in [3.63, 3.8) is 0 Å². The molecular weight excluding hydrogens is 238 g/mol. The fraction of sp³-hybridized carbons (Fsp3) is 0.667. The van der Waals surface area contributed by atoms with Crippen molar-refractivity contribution in [2.75, 3.05) is 25.2 Å². The summed E-state index contributed by atoms with van der Waals surface area (Å²) in [5.41, 5.74) is 6.94. The van der Waals surface area contributed by atoms with Gasteiger partial charge in [-0.3, -0.25) is 0 Å². The Balaban J connectivity index is 2.11. The van der Waals surface area contributed by atoms with E-state index in [9.17, 15) is 0 Å². The van der Waals surface area contributed by atoms with Crippen LogP contribution in [0.25, 0.3) is 0 Å². The molecule has 1 saturated carbocycles. The van der Waals surface area contributed by atoms with E-state index in [0.29, 0.717) is 6.04 Å². The molecule has 0 radical (unpaired) electrons. The first-order valence-corrected chi connectivity index (χ1v) is 7.10. The highest BCUT2D eigenvalue weighted by Crippen LogP contribution is 2.36. The predicted molar refractivity (Wildman–Crippen MR) is 78.2 cm³/mol. The lowest BCUT2D eigenvalue weighted by molar-refractivity contribution is 0.202. The number of nitrogens with zero attached hydrogens (tertiary/aromatic N) is 2. The number of ether oxygens (including phenoxy) is 1. The Kier molecular flexibility index (Phi) is 4.77. The van der Waals surface area contributed by atoms with Gasteiger partial charge < -0.3 is 15.4 Å². The number of rotatable bonds is 7. The number of anilines is 1. The van der Waals surface area contributed by atoms with Crippen LogP contribution < -0.4 is 10.6 Å². The van der Waals surface area contributed by atoms with Gasteiger partial charge in [0.05, 0.1) is 6.61 Å². The van der Waals surface area contributed by atoms with Gasteiger partial charge in [-0.1, -0.05) is 6.07 Å². The summed E-state index contributed by atoms with van der Waals surface area (Å²) in [5, 5.41) is 0. The molecule has 4 heteroatoms. The molecule has 4 nitrogen and oxygen atoms in total. The van der Waals surface area contributed by atoms with Crippen LogP contribution in [0.1, 0.15) is 38.3 Å². The molecule has 2 rings (SSSR count). The van der Waals surface area contributed by atoms with E-state index < -0.39 is 0 Å². The molecule has 0 aromatic carbocycles. The maximum absolute atomic E-state index is 5.86. The van der Waals surface area contributed by atoms with E-state index in [2.05, 4.69) is 28.9 Å². The molecule has 1 unspecified atom stereocenters. The summed E-state index contributed by atoms with van der Waals surface area (Å²) in [4.78, 5) is 6.93. The smallest absolute Gasteiger partial charge is 0.128 e. The Morgan fingerprint density at radius 3 is 2.63 bits per heavy atom. The van der Waals surface area contributed by atoms with Crippen LogP contribution in [0.3, 0.4) is 0 Å². The molecule has 2 atom stereocenters. The molecule has 1 aliphatic carbocycles. The number of hydrogen-bond donors (Lipinski definition) is 1. The maximum atomic E-state index is 5.86. The van der Waals surface area contributed by atoms with E-state index >= 15 is 0 Å². The van der Waals surface area contributed by atoms with Gasteiger partial charge in [-0.25, -0.2) is 4.98 Å². The Morgan fingerprint density at radius 2 is 2.16 bits per heavy atom. The summed E-state index contributed by atoms with van der Waals surface area (Å²) in [7, 11) is 1.74. The molecule has 1 aliphatic rings. The van der Waals surface area contributed by atoms with Gasteiger partial charge in [0.1, 0.15) is 5.82 Å². The highest BCUT2D eigenvalue weighted by atomic mass is 16.5. The quantitative estimate of drug-likeness (QED) is 0.820. The molecule has 0 bridgehead atoms.